The minimum Gasteiger partial charge on any atom is -0.454 e. The summed E-state index contributed by atoms with van der Waals surface area (Å²) in [6, 6.07) is 12.4. The number of nitrogens with one attached hydrogen (secondary N) is 1. The Morgan fingerprint density at radius 1 is 1.12 bits per heavy atom. The molecule has 33 heavy (non-hydrogen) atoms. The Morgan fingerprint density at radius 3 is 2.42 bits per heavy atom. The fourth-order valence-corrected chi connectivity index (χ4v) is 4.72. The monoisotopic (exact) mass is 476 g/mol. The number of halogens is 1. The molecule has 0 saturated heterocycles. The molecule has 7 nitrogen and oxygen atoms in total. The lowest BCUT2D eigenvalue weighted by Crippen LogP contribution is -2.45. The Hall–Kier alpha value is -2.78. The van der Waals surface area contributed by atoms with Gasteiger partial charge in [-0.25, -0.2) is 12.8 Å². The van der Waals surface area contributed by atoms with Crippen LogP contribution in [-0.4, -0.2) is 50.9 Å². The van der Waals surface area contributed by atoms with Crippen molar-refractivity contribution < 1.29 is 27.1 Å². The molecule has 0 aromatic heterocycles. The van der Waals surface area contributed by atoms with Gasteiger partial charge < -0.3 is 9.64 Å². The average molecular weight is 477 g/mol. The molecule has 1 aliphatic rings. The molecule has 1 atom stereocenters. The first-order chi connectivity index (χ1) is 15.8. The van der Waals surface area contributed by atoms with Gasteiger partial charge in [0.2, 0.25) is 10.0 Å². The molecule has 178 valence electrons. The first kappa shape index (κ1) is 24.9. The van der Waals surface area contributed by atoms with Gasteiger partial charge in [0.25, 0.3) is 5.91 Å². The molecular weight excluding hydrogens is 447 g/mol. The topological polar surface area (TPSA) is 92.8 Å². The fraction of sp³-hybridized carbons (Fsp3) is 0.417. The van der Waals surface area contributed by atoms with Crippen molar-refractivity contribution >= 4 is 21.9 Å². The molecule has 1 amide bonds. The van der Waals surface area contributed by atoms with Gasteiger partial charge in [-0.1, -0.05) is 49.4 Å². The van der Waals surface area contributed by atoms with Gasteiger partial charge in [0.1, 0.15) is 16.8 Å². The van der Waals surface area contributed by atoms with Crippen LogP contribution in [0.1, 0.15) is 31.7 Å². The summed E-state index contributed by atoms with van der Waals surface area (Å²) in [4.78, 5) is 26.6. The van der Waals surface area contributed by atoms with Crippen molar-refractivity contribution in [3.05, 3.63) is 66.0 Å². The molecule has 0 aliphatic heterocycles. The summed E-state index contributed by atoms with van der Waals surface area (Å²) in [5.74, 6) is -1.64. The van der Waals surface area contributed by atoms with Crippen molar-refractivity contribution in [2.45, 2.75) is 43.5 Å². The second kappa shape index (κ2) is 11.4. The van der Waals surface area contributed by atoms with Crippen LogP contribution in [-0.2, 0) is 30.8 Å². The molecule has 0 radical (unpaired) electrons. The van der Waals surface area contributed by atoms with E-state index in [1.54, 1.807) is 35.2 Å². The van der Waals surface area contributed by atoms with Crippen LogP contribution >= 0.6 is 0 Å². The van der Waals surface area contributed by atoms with E-state index in [0.717, 1.165) is 31.4 Å². The molecule has 1 unspecified atom stereocenters. The Morgan fingerprint density at radius 2 is 1.79 bits per heavy atom. The molecule has 3 rings (SSSR count). The number of carbonyl (C=O) groups excluding carboxylic acids is 2. The van der Waals surface area contributed by atoms with Gasteiger partial charge in [-0.15, -0.1) is 0 Å². The third-order valence-electron chi connectivity index (χ3n) is 5.35. The van der Waals surface area contributed by atoms with E-state index in [4.69, 9.17) is 4.74 Å². The van der Waals surface area contributed by atoms with Gasteiger partial charge in [0.15, 0.2) is 6.61 Å². The zero-order valence-corrected chi connectivity index (χ0v) is 19.4. The van der Waals surface area contributed by atoms with Crippen LogP contribution < -0.4 is 4.72 Å². The summed E-state index contributed by atoms with van der Waals surface area (Å²) < 4.78 is 47.2. The summed E-state index contributed by atoms with van der Waals surface area (Å²) in [5, 5.41) is 0. The third-order valence-corrected chi connectivity index (χ3v) is 6.86. The van der Waals surface area contributed by atoms with Crippen LogP contribution in [0.2, 0.25) is 0 Å². The van der Waals surface area contributed by atoms with Crippen molar-refractivity contribution in [1.82, 2.24) is 9.62 Å². The molecule has 0 heterocycles. The number of rotatable bonds is 12. The minimum absolute atomic E-state index is 0.0116. The van der Waals surface area contributed by atoms with Crippen LogP contribution in [0.5, 0.6) is 0 Å². The Balaban J connectivity index is 1.72. The Kier molecular flexibility index (Phi) is 8.57. The van der Waals surface area contributed by atoms with E-state index in [2.05, 4.69) is 4.72 Å². The number of amides is 1. The number of benzene rings is 2. The highest BCUT2D eigenvalue weighted by Crippen LogP contribution is 2.29. The SMILES string of the molecule is CCCN(CC1CC1)C(=O)COC(=O)C(Cc1ccccc1)NS(=O)(=O)c1ccccc1F. The molecule has 2 aromatic rings. The molecule has 1 saturated carbocycles. The van der Waals surface area contributed by atoms with Crippen LogP contribution in [0.4, 0.5) is 4.39 Å². The van der Waals surface area contributed by atoms with Crippen LogP contribution in [0, 0.1) is 11.7 Å². The highest BCUT2D eigenvalue weighted by Gasteiger charge is 2.31. The standard InChI is InChI=1S/C24H29FN2O5S/c1-2-14-27(16-19-12-13-19)23(28)17-32-24(29)21(15-18-8-4-3-5-9-18)26-33(30,31)22-11-7-6-10-20(22)25/h3-11,19,21,26H,2,12-17H2,1H3. The van der Waals surface area contributed by atoms with E-state index in [9.17, 15) is 22.4 Å². The van der Waals surface area contributed by atoms with Gasteiger partial charge >= 0.3 is 5.97 Å². The van der Waals surface area contributed by atoms with E-state index >= 15 is 0 Å². The van der Waals surface area contributed by atoms with Crippen molar-refractivity contribution in [1.29, 1.82) is 0 Å². The second-order valence-electron chi connectivity index (χ2n) is 8.18. The maximum Gasteiger partial charge on any atom is 0.325 e. The summed E-state index contributed by atoms with van der Waals surface area (Å²) >= 11 is 0. The van der Waals surface area contributed by atoms with Gasteiger partial charge in [-0.05, 0) is 49.3 Å². The van der Waals surface area contributed by atoms with Crippen molar-refractivity contribution in [3.63, 3.8) is 0 Å². The number of sulfonamides is 1. The average Bonchev–Trinajstić information content (AvgIpc) is 3.61. The molecule has 2 aromatic carbocycles. The largest absolute Gasteiger partial charge is 0.454 e. The summed E-state index contributed by atoms with van der Waals surface area (Å²) in [6.07, 6.45) is 2.95. The zero-order valence-electron chi connectivity index (χ0n) is 18.6. The number of ether oxygens (including phenoxy) is 1. The lowest BCUT2D eigenvalue weighted by atomic mass is 10.1. The first-order valence-electron chi connectivity index (χ1n) is 11.1. The summed E-state index contributed by atoms with van der Waals surface area (Å²) in [6.45, 7) is 2.70. The fourth-order valence-electron chi connectivity index (χ4n) is 3.46. The number of nitrogens with zero attached hydrogens (tertiary/aromatic N) is 1. The van der Waals surface area contributed by atoms with E-state index < -0.39 is 39.4 Å². The van der Waals surface area contributed by atoms with Gasteiger partial charge in [-0.2, -0.15) is 4.72 Å². The number of carbonyl (C=O) groups is 2. The number of hydrogen-bond donors (Lipinski definition) is 1. The summed E-state index contributed by atoms with van der Waals surface area (Å²) in [7, 11) is -4.35. The molecule has 1 N–H and O–H groups in total. The highest BCUT2D eigenvalue weighted by molar-refractivity contribution is 7.89. The first-order valence-corrected chi connectivity index (χ1v) is 12.5. The molecule has 9 heteroatoms. The van der Waals surface area contributed by atoms with E-state index in [-0.39, 0.29) is 12.3 Å². The maximum atomic E-state index is 14.1. The van der Waals surface area contributed by atoms with Crippen LogP contribution in [0.3, 0.4) is 0 Å². The zero-order chi connectivity index (χ0) is 23.8. The Labute approximate surface area is 194 Å². The molecule has 0 spiro atoms. The second-order valence-corrected chi connectivity index (χ2v) is 9.87. The number of hydrogen-bond acceptors (Lipinski definition) is 5. The normalized spacial score (nSPS) is 14.5. The quantitative estimate of drug-likeness (QED) is 0.476. The highest BCUT2D eigenvalue weighted by atomic mass is 32.2. The van der Waals surface area contributed by atoms with Crippen molar-refractivity contribution in [2.75, 3.05) is 19.7 Å². The predicted octanol–water partition coefficient (Wildman–Crippen LogP) is 2.91. The smallest absolute Gasteiger partial charge is 0.325 e. The molecule has 1 aliphatic carbocycles. The summed E-state index contributed by atoms with van der Waals surface area (Å²) in [5.41, 5.74) is 0.684. The minimum atomic E-state index is -4.35. The third kappa shape index (κ3) is 7.36. The molecular formula is C24H29FN2O5S. The van der Waals surface area contributed by atoms with Crippen LogP contribution in [0.25, 0.3) is 0 Å². The number of esters is 1. The van der Waals surface area contributed by atoms with Gasteiger partial charge in [-0.3, -0.25) is 9.59 Å². The van der Waals surface area contributed by atoms with Crippen molar-refractivity contribution in [3.8, 4) is 0 Å². The lowest BCUT2D eigenvalue weighted by molar-refractivity contribution is -0.153. The van der Waals surface area contributed by atoms with Gasteiger partial charge in [0.05, 0.1) is 0 Å². The van der Waals surface area contributed by atoms with E-state index in [1.165, 1.54) is 12.1 Å². The molecule has 0 bridgehead atoms. The predicted molar refractivity (Wildman–Crippen MR) is 121 cm³/mol. The van der Waals surface area contributed by atoms with E-state index in [1.807, 2.05) is 6.92 Å². The Bertz CT molecular complexity index is 1060. The van der Waals surface area contributed by atoms with Crippen LogP contribution in [0.15, 0.2) is 59.5 Å². The molecule has 1 fully saturated rings. The van der Waals surface area contributed by atoms with Crippen molar-refractivity contribution in [2.24, 2.45) is 5.92 Å². The maximum absolute atomic E-state index is 14.1. The van der Waals surface area contributed by atoms with E-state index in [0.29, 0.717) is 24.6 Å². The van der Waals surface area contributed by atoms with Gasteiger partial charge in [0, 0.05) is 13.1 Å². The lowest BCUT2D eigenvalue weighted by Gasteiger charge is -2.23.